The molecule has 0 saturated carbocycles. The maximum Gasteiger partial charge on any atom is 0.341 e. The number of methoxy groups -OCH3 is 1. The fraction of sp³-hybridized carbons (Fsp3) is 0.231. The third-order valence-corrected chi connectivity index (χ3v) is 7.93. The highest BCUT2D eigenvalue weighted by Gasteiger charge is 2.23. The summed E-state index contributed by atoms with van der Waals surface area (Å²) in [6, 6.07) is 15.4. The van der Waals surface area contributed by atoms with Crippen molar-refractivity contribution in [2.45, 2.75) is 25.1 Å². The molecule has 192 valence electrons. The Morgan fingerprint density at radius 1 is 1.14 bits per heavy atom. The molecule has 0 fully saturated rings. The van der Waals surface area contributed by atoms with E-state index in [1.807, 2.05) is 79.4 Å². The number of nitrogens with one attached hydrogen (secondary N) is 1. The van der Waals surface area contributed by atoms with Crippen molar-refractivity contribution in [3.63, 3.8) is 0 Å². The summed E-state index contributed by atoms with van der Waals surface area (Å²) in [5.41, 5.74) is 3.06. The molecule has 2 aromatic carbocycles. The number of anilines is 1. The first kappa shape index (κ1) is 26.9. The number of amides is 1. The maximum absolute atomic E-state index is 12.8. The van der Waals surface area contributed by atoms with Gasteiger partial charge in [-0.3, -0.25) is 4.79 Å². The van der Waals surface area contributed by atoms with Crippen LogP contribution in [0, 0.1) is 6.92 Å². The summed E-state index contributed by atoms with van der Waals surface area (Å²) in [4.78, 5) is 25.4. The lowest BCUT2D eigenvalue weighted by atomic mass is 10.0. The Morgan fingerprint density at radius 3 is 2.51 bits per heavy atom. The van der Waals surface area contributed by atoms with E-state index in [1.54, 1.807) is 0 Å². The maximum atomic E-state index is 12.8. The molecule has 1 N–H and O–H groups in total. The van der Waals surface area contributed by atoms with E-state index in [4.69, 9.17) is 9.47 Å². The molecule has 8 nitrogen and oxygen atoms in total. The monoisotopic (exact) mass is 600 g/mol. The lowest BCUT2D eigenvalue weighted by Gasteiger charge is -2.14. The Labute approximate surface area is 231 Å². The Balaban J connectivity index is 1.42. The van der Waals surface area contributed by atoms with Crippen LogP contribution in [0.15, 0.2) is 63.5 Å². The van der Waals surface area contributed by atoms with Crippen molar-refractivity contribution in [3.8, 4) is 16.9 Å². The van der Waals surface area contributed by atoms with Crippen LogP contribution in [0.2, 0.25) is 0 Å². The van der Waals surface area contributed by atoms with Crippen molar-refractivity contribution < 1.29 is 19.1 Å². The first-order valence-electron chi connectivity index (χ1n) is 11.3. The zero-order valence-corrected chi connectivity index (χ0v) is 23.9. The largest absolute Gasteiger partial charge is 0.483 e. The minimum Gasteiger partial charge on any atom is -0.483 e. The molecule has 0 bridgehead atoms. The van der Waals surface area contributed by atoms with Gasteiger partial charge in [-0.05, 0) is 43.7 Å². The summed E-state index contributed by atoms with van der Waals surface area (Å²) in [5.74, 6) is 0.676. The summed E-state index contributed by atoms with van der Waals surface area (Å²) in [7, 11) is 3.16. The standard InChI is InChI=1S/C26H25BrN4O4S2/c1-15-5-7-17(8-6-15)20-13-36-24(22(20)25(33)34-4)28-21(32)14-37-26-30-29-23(31(26)3)16(2)35-19-11-9-18(27)10-12-19/h5-13,16H,14H2,1-4H3,(H,28,32). The fourth-order valence-corrected chi connectivity index (χ4v) is 5.52. The third-order valence-electron chi connectivity index (χ3n) is 5.49. The summed E-state index contributed by atoms with van der Waals surface area (Å²) in [5, 5.41) is 14.2. The van der Waals surface area contributed by atoms with Crippen molar-refractivity contribution in [3.05, 3.63) is 75.3 Å². The number of nitrogens with zero attached hydrogens (tertiary/aromatic N) is 3. The summed E-state index contributed by atoms with van der Waals surface area (Å²) >= 11 is 5.95. The van der Waals surface area contributed by atoms with Crippen LogP contribution in [0.4, 0.5) is 5.00 Å². The van der Waals surface area contributed by atoms with Crippen LogP contribution < -0.4 is 10.1 Å². The zero-order valence-electron chi connectivity index (χ0n) is 20.6. The van der Waals surface area contributed by atoms with Crippen LogP contribution in [0.3, 0.4) is 0 Å². The Hall–Kier alpha value is -3.15. The number of rotatable bonds is 9. The summed E-state index contributed by atoms with van der Waals surface area (Å²) < 4.78 is 13.7. The van der Waals surface area contributed by atoms with Gasteiger partial charge in [0.1, 0.15) is 16.3 Å². The van der Waals surface area contributed by atoms with E-state index in [0.717, 1.165) is 26.9 Å². The van der Waals surface area contributed by atoms with Gasteiger partial charge in [0, 0.05) is 22.5 Å². The molecule has 0 radical (unpaired) electrons. The normalized spacial score (nSPS) is 11.7. The second-order valence-corrected chi connectivity index (χ2v) is 10.9. The number of hydrogen-bond donors (Lipinski definition) is 1. The fourth-order valence-electron chi connectivity index (χ4n) is 3.57. The first-order chi connectivity index (χ1) is 17.8. The lowest BCUT2D eigenvalue weighted by molar-refractivity contribution is -0.113. The quantitative estimate of drug-likeness (QED) is 0.178. The van der Waals surface area contributed by atoms with Crippen LogP contribution in [0.1, 0.15) is 34.8 Å². The van der Waals surface area contributed by atoms with E-state index in [2.05, 4.69) is 31.4 Å². The number of carbonyl (C=O) groups is 2. The predicted octanol–water partition coefficient (Wildman–Crippen LogP) is 6.27. The van der Waals surface area contributed by atoms with Crippen LogP contribution in [0.5, 0.6) is 5.75 Å². The summed E-state index contributed by atoms with van der Waals surface area (Å²) in [6.45, 7) is 3.89. The van der Waals surface area contributed by atoms with Gasteiger partial charge in [0.2, 0.25) is 5.91 Å². The molecule has 0 saturated heterocycles. The van der Waals surface area contributed by atoms with Crippen molar-refractivity contribution in [2.24, 2.45) is 7.05 Å². The minimum atomic E-state index is -0.502. The molecule has 0 aliphatic carbocycles. The molecule has 37 heavy (non-hydrogen) atoms. The average Bonchev–Trinajstić information content (AvgIpc) is 3.47. The average molecular weight is 602 g/mol. The van der Waals surface area contributed by atoms with Gasteiger partial charge in [0.05, 0.1) is 12.9 Å². The third kappa shape index (κ3) is 6.41. The highest BCUT2D eigenvalue weighted by atomic mass is 79.9. The number of aryl methyl sites for hydroxylation is 1. The molecule has 2 heterocycles. The molecule has 0 aliphatic heterocycles. The van der Waals surface area contributed by atoms with E-state index in [9.17, 15) is 9.59 Å². The Bertz CT molecular complexity index is 1400. The summed E-state index contributed by atoms with van der Waals surface area (Å²) in [6.07, 6.45) is -0.337. The van der Waals surface area contributed by atoms with Gasteiger partial charge in [0.15, 0.2) is 17.1 Å². The Kier molecular flexibility index (Phi) is 8.67. The number of carbonyl (C=O) groups excluding carboxylic acids is 2. The highest BCUT2D eigenvalue weighted by molar-refractivity contribution is 9.10. The van der Waals surface area contributed by atoms with Gasteiger partial charge in [-0.15, -0.1) is 21.5 Å². The Morgan fingerprint density at radius 2 is 1.84 bits per heavy atom. The van der Waals surface area contributed by atoms with E-state index < -0.39 is 5.97 Å². The molecule has 4 aromatic rings. The van der Waals surface area contributed by atoms with Gasteiger partial charge in [-0.2, -0.15) is 0 Å². The van der Waals surface area contributed by atoms with E-state index in [-0.39, 0.29) is 17.8 Å². The smallest absolute Gasteiger partial charge is 0.341 e. The molecule has 0 aliphatic rings. The number of ether oxygens (including phenoxy) is 2. The van der Waals surface area contributed by atoms with Crippen LogP contribution in [-0.4, -0.2) is 39.5 Å². The lowest BCUT2D eigenvalue weighted by Crippen LogP contribution is -2.16. The zero-order chi connectivity index (χ0) is 26.5. The second-order valence-electron chi connectivity index (χ2n) is 8.16. The van der Waals surface area contributed by atoms with E-state index in [0.29, 0.717) is 21.5 Å². The van der Waals surface area contributed by atoms with Gasteiger partial charge in [-0.25, -0.2) is 4.79 Å². The molecule has 11 heteroatoms. The van der Waals surface area contributed by atoms with Crippen molar-refractivity contribution in [1.29, 1.82) is 0 Å². The number of thioether (sulfide) groups is 1. The second kappa shape index (κ2) is 11.9. The minimum absolute atomic E-state index is 0.0896. The topological polar surface area (TPSA) is 95.3 Å². The molecule has 2 aromatic heterocycles. The molecule has 1 atom stereocenters. The number of hydrogen-bond acceptors (Lipinski definition) is 8. The molecule has 1 amide bonds. The van der Waals surface area contributed by atoms with Crippen molar-refractivity contribution in [1.82, 2.24) is 14.8 Å². The van der Waals surface area contributed by atoms with Crippen LogP contribution >= 0.6 is 39.0 Å². The number of benzene rings is 2. The number of thiophene rings is 1. The number of halogens is 1. The predicted molar refractivity (Wildman–Crippen MR) is 149 cm³/mol. The number of aromatic nitrogens is 3. The number of esters is 1. The molecular formula is C26H25BrN4O4S2. The highest BCUT2D eigenvalue weighted by Crippen LogP contribution is 2.36. The van der Waals surface area contributed by atoms with Gasteiger partial charge < -0.3 is 19.4 Å². The van der Waals surface area contributed by atoms with Crippen molar-refractivity contribution >= 4 is 55.9 Å². The molecular weight excluding hydrogens is 576 g/mol. The van der Waals surface area contributed by atoms with Crippen molar-refractivity contribution in [2.75, 3.05) is 18.2 Å². The van der Waals surface area contributed by atoms with Crippen LogP contribution in [0.25, 0.3) is 11.1 Å². The first-order valence-corrected chi connectivity index (χ1v) is 13.9. The molecule has 0 spiro atoms. The molecule has 4 rings (SSSR count). The molecule has 1 unspecified atom stereocenters. The van der Waals surface area contributed by atoms with E-state index >= 15 is 0 Å². The van der Waals surface area contributed by atoms with Gasteiger partial charge in [0.25, 0.3) is 0 Å². The van der Waals surface area contributed by atoms with E-state index in [1.165, 1.54) is 30.2 Å². The SMILES string of the molecule is COC(=O)c1c(-c2ccc(C)cc2)csc1NC(=O)CSc1nnc(C(C)Oc2ccc(Br)cc2)n1C. The van der Waals surface area contributed by atoms with Gasteiger partial charge in [-0.1, -0.05) is 57.5 Å². The van der Waals surface area contributed by atoms with Gasteiger partial charge >= 0.3 is 5.97 Å². The van der Waals surface area contributed by atoms with Crippen LogP contribution in [-0.2, 0) is 16.6 Å².